The Balaban J connectivity index is 1.94. The molecule has 0 saturated heterocycles. The topological polar surface area (TPSA) is 26.0 Å². The van der Waals surface area contributed by atoms with Gasteiger partial charge in [-0.2, -0.15) is 0 Å². The van der Waals surface area contributed by atoms with Gasteiger partial charge in [-0.15, -0.1) is 0 Å². The van der Waals surface area contributed by atoms with Gasteiger partial charge in [0, 0.05) is 15.6 Å². The molecule has 1 saturated carbocycles. The minimum Gasteiger partial charge on any atom is -0.325 e. The van der Waals surface area contributed by atoms with Gasteiger partial charge >= 0.3 is 0 Å². The third-order valence-corrected chi connectivity index (χ3v) is 5.22. The summed E-state index contributed by atoms with van der Waals surface area (Å²) in [5, 5.41) is 1.52. The van der Waals surface area contributed by atoms with Gasteiger partial charge in [0.25, 0.3) is 0 Å². The van der Waals surface area contributed by atoms with Crippen LogP contribution in [0, 0.1) is 5.92 Å². The first-order chi connectivity index (χ1) is 9.52. The van der Waals surface area contributed by atoms with E-state index < -0.39 is 0 Å². The number of halogens is 2. The number of unbranched alkanes of at least 4 members (excludes halogenated alkanes) is 1. The summed E-state index contributed by atoms with van der Waals surface area (Å²) in [5.74, 6) is 0.876. The van der Waals surface area contributed by atoms with Gasteiger partial charge in [0.1, 0.15) is 0 Å². The van der Waals surface area contributed by atoms with Crippen LogP contribution in [-0.2, 0) is 6.42 Å². The Kier molecular flexibility index (Phi) is 5.77. The van der Waals surface area contributed by atoms with Crippen LogP contribution in [0.4, 0.5) is 0 Å². The van der Waals surface area contributed by atoms with Gasteiger partial charge in [-0.3, -0.25) is 0 Å². The summed E-state index contributed by atoms with van der Waals surface area (Å²) < 4.78 is 0. The van der Waals surface area contributed by atoms with Crippen molar-refractivity contribution in [2.45, 2.75) is 63.8 Å². The highest BCUT2D eigenvalue weighted by Gasteiger charge is 2.32. The van der Waals surface area contributed by atoms with Gasteiger partial charge in [0.2, 0.25) is 0 Å². The second-order valence-electron chi connectivity index (χ2n) is 6.36. The highest BCUT2D eigenvalue weighted by atomic mass is 35.5. The molecule has 0 amide bonds. The number of hydrogen-bond donors (Lipinski definition) is 1. The van der Waals surface area contributed by atoms with E-state index in [0.29, 0.717) is 0 Å². The lowest BCUT2D eigenvalue weighted by Gasteiger charge is -2.37. The van der Waals surface area contributed by atoms with Gasteiger partial charge in [-0.05, 0) is 61.8 Å². The molecule has 3 heteroatoms. The lowest BCUT2D eigenvalue weighted by Crippen LogP contribution is -2.45. The van der Waals surface area contributed by atoms with Crippen LogP contribution in [0.1, 0.15) is 57.4 Å². The van der Waals surface area contributed by atoms with E-state index in [0.717, 1.165) is 40.8 Å². The van der Waals surface area contributed by atoms with Crippen molar-refractivity contribution in [3.05, 3.63) is 33.8 Å². The van der Waals surface area contributed by atoms with Crippen molar-refractivity contribution >= 4 is 23.2 Å². The Labute approximate surface area is 132 Å². The number of rotatable bonds is 5. The molecule has 20 heavy (non-hydrogen) atoms. The lowest BCUT2D eigenvalue weighted by molar-refractivity contribution is 0.221. The predicted octanol–water partition coefficient (Wildman–Crippen LogP) is 5.61. The molecule has 1 aromatic carbocycles. The molecule has 0 heterocycles. The first-order valence-corrected chi connectivity index (χ1v) is 8.51. The fraction of sp³-hybridized carbons (Fsp3) is 0.647. The summed E-state index contributed by atoms with van der Waals surface area (Å²) in [6.07, 6.45) is 9.57. The van der Waals surface area contributed by atoms with E-state index in [-0.39, 0.29) is 5.54 Å². The van der Waals surface area contributed by atoms with Crippen LogP contribution < -0.4 is 5.73 Å². The predicted molar refractivity (Wildman–Crippen MR) is 88.6 cm³/mol. The van der Waals surface area contributed by atoms with Gasteiger partial charge in [-0.1, -0.05) is 49.4 Å². The highest BCUT2D eigenvalue weighted by Crippen LogP contribution is 2.36. The zero-order chi connectivity index (χ0) is 14.6. The van der Waals surface area contributed by atoms with Crippen molar-refractivity contribution in [1.82, 2.24) is 0 Å². The summed E-state index contributed by atoms with van der Waals surface area (Å²) in [6.45, 7) is 2.26. The van der Waals surface area contributed by atoms with Gasteiger partial charge < -0.3 is 5.73 Å². The SMILES string of the molecule is CCCCC1CCC(N)(Cc2cc(Cl)ccc2Cl)CC1. The molecular formula is C17H25Cl2N. The minimum atomic E-state index is -0.100. The first-order valence-electron chi connectivity index (χ1n) is 7.75. The first kappa shape index (κ1) is 16.1. The Hall–Kier alpha value is -0.240. The van der Waals surface area contributed by atoms with Gasteiger partial charge in [0.05, 0.1) is 0 Å². The molecule has 0 radical (unpaired) electrons. The van der Waals surface area contributed by atoms with Crippen molar-refractivity contribution in [1.29, 1.82) is 0 Å². The molecule has 0 aliphatic heterocycles. The largest absolute Gasteiger partial charge is 0.325 e. The van der Waals surface area contributed by atoms with Crippen molar-refractivity contribution in [3.63, 3.8) is 0 Å². The summed E-state index contributed by atoms with van der Waals surface area (Å²) in [6, 6.07) is 5.66. The molecule has 1 aromatic rings. The number of nitrogens with two attached hydrogens (primary N) is 1. The monoisotopic (exact) mass is 313 g/mol. The third-order valence-electron chi connectivity index (χ3n) is 4.62. The Morgan fingerprint density at radius 2 is 1.95 bits per heavy atom. The highest BCUT2D eigenvalue weighted by molar-refractivity contribution is 6.33. The van der Waals surface area contributed by atoms with Crippen LogP contribution in [0.3, 0.4) is 0 Å². The van der Waals surface area contributed by atoms with Crippen molar-refractivity contribution < 1.29 is 0 Å². The lowest BCUT2D eigenvalue weighted by atomic mass is 9.73. The van der Waals surface area contributed by atoms with Crippen LogP contribution in [-0.4, -0.2) is 5.54 Å². The average Bonchev–Trinajstić information content (AvgIpc) is 2.42. The zero-order valence-electron chi connectivity index (χ0n) is 12.3. The Morgan fingerprint density at radius 1 is 1.25 bits per heavy atom. The van der Waals surface area contributed by atoms with Gasteiger partial charge in [-0.25, -0.2) is 0 Å². The molecule has 0 bridgehead atoms. The number of hydrogen-bond acceptors (Lipinski definition) is 1. The van der Waals surface area contributed by atoms with Crippen molar-refractivity contribution in [2.24, 2.45) is 11.7 Å². The van der Waals surface area contributed by atoms with E-state index in [2.05, 4.69) is 6.92 Å². The van der Waals surface area contributed by atoms with Crippen LogP contribution in [0.15, 0.2) is 18.2 Å². The summed E-state index contributed by atoms with van der Waals surface area (Å²) in [7, 11) is 0. The molecule has 0 unspecified atom stereocenters. The van der Waals surface area contributed by atoms with Crippen molar-refractivity contribution in [2.75, 3.05) is 0 Å². The molecule has 0 atom stereocenters. The maximum Gasteiger partial charge on any atom is 0.0439 e. The molecule has 1 aliphatic carbocycles. The van der Waals surface area contributed by atoms with E-state index >= 15 is 0 Å². The van der Waals surface area contributed by atoms with E-state index in [1.54, 1.807) is 0 Å². The molecule has 0 aromatic heterocycles. The Bertz CT molecular complexity index is 437. The summed E-state index contributed by atoms with van der Waals surface area (Å²) in [5.41, 5.74) is 7.59. The van der Waals surface area contributed by atoms with Crippen LogP contribution in [0.25, 0.3) is 0 Å². The summed E-state index contributed by atoms with van der Waals surface area (Å²) in [4.78, 5) is 0. The molecule has 1 aliphatic rings. The van der Waals surface area contributed by atoms with E-state index in [9.17, 15) is 0 Å². The molecule has 2 N–H and O–H groups in total. The van der Waals surface area contributed by atoms with Gasteiger partial charge in [0.15, 0.2) is 0 Å². The second-order valence-corrected chi connectivity index (χ2v) is 7.20. The van der Waals surface area contributed by atoms with E-state index in [1.165, 1.54) is 32.1 Å². The maximum atomic E-state index is 6.60. The van der Waals surface area contributed by atoms with E-state index in [4.69, 9.17) is 28.9 Å². The normalized spacial score (nSPS) is 26.7. The fourth-order valence-electron chi connectivity index (χ4n) is 3.27. The standard InChI is InChI=1S/C17H25Cl2N/c1-2-3-4-13-7-9-17(20,10-8-13)12-14-11-15(18)5-6-16(14)19/h5-6,11,13H,2-4,7-10,12,20H2,1H3. The van der Waals surface area contributed by atoms with E-state index in [1.807, 2.05) is 18.2 Å². The Morgan fingerprint density at radius 3 is 2.60 bits per heavy atom. The maximum absolute atomic E-state index is 6.60. The third kappa shape index (κ3) is 4.38. The van der Waals surface area contributed by atoms with Crippen LogP contribution in [0.2, 0.25) is 10.0 Å². The molecule has 1 fully saturated rings. The van der Waals surface area contributed by atoms with Crippen molar-refractivity contribution in [3.8, 4) is 0 Å². The smallest absolute Gasteiger partial charge is 0.0439 e. The molecule has 1 nitrogen and oxygen atoms in total. The van der Waals surface area contributed by atoms with Crippen LogP contribution in [0.5, 0.6) is 0 Å². The molecule has 112 valence electrons. The molecule has 0 spiro atoms. The summed E-state index contributed by atoms with van der Waals surface area (Å²) >= 11 is 12.3. The molecule has 2 rings (SSSR count). The second kappa shape index (κ2) is 7.15. The quantitative estimate of drug-likeness (QED) is 0.750. The number of benzene rings is 1. The zero-order valence-corrected chi connectivity index (χ0v) is 13.8. The van der Waals surface area contributed by atoms with Crippen LogP contribution >= 0.6 is 23.2 Å². The minimum absolute atomic E-state index is 0.100. The molecular weight excluding hydrogens is 289 g/mol. The fourth-order valence-corrected chi connectivity index (χ4v) is 3.65. The average molecular weight is 314 g/mol.